The van der Waals surface area contributed by atoms with Crippen molar-refractivity contribution in [2.24, 2.45) is 0 Å². The van der Waals surface area contributed by atoms with Crippen LogP contribution in [0, 0.1) is 6.92 Å². The predicted molar refractivity (Wildman–Crippen MR) is 81.0 cm³/mol. The zero-order chi connectivity index (χ0) is 15.6. The minimum atomic E-state index is -0.447. The largest absolute Gasteiger partial charge is 0.465 e. The summed E-state index contributed by atoms with van der Waals surface area (Å²) >= 11 is 1.36. The van der Waals surface area contributed by atoms with Crippen LogP contribution in [0.2, 0.25) is 0 Å². The highest BCUT2D eigenvalue weighted by atomic mass is 32.1. The van der Waals surface area contributed by atoms with Gasteiger partial charge in [-0.05, 0) is 26.8 Å². The molecule has 1 aromatic heterocycles. The fraction of sp³-hybridized carbons (Fsp3) is 0.571. The van der Waals surface area contributed by atoms with Crippen LogP contribution in [0.1, 0.15) is 29.1 Å². The number of hydrogen-bond acceptors (Lipinski definition) is 5. The molecule has 0 aliphatic carbocycles. The molecule has 116 valence electrons. The summed E-state index contributed by atoms with van der Waals surface area (Å²) in [5, 5.41) is 3.35. The van der Waals surface area contributed by atoms with Crippen molar-refractivity contribution in [3.8, 4) is 0 Å². The number of esters is 1. The van der Waals surface area contributed by atoms with Crippen LogP contribution in [-0.2, 0) is 9.47 Å². The highest BCUT2D eigenvalue weighted by molar-refractivity contribution is 7.16. The molecular formula is C14H20N2O4S. The summed E-state index contributed by atoms with van der Waals surface area (Å²) in [6.45, 7) is 6.80. The van der Waals surface area contributed by atoms with Gasteiger partial charge in [0.2, 0.25) is 0 Å². The molecule has 1 fully saturated rings. The molecule has 2 heterocycles. The lowest BCUT2D eigenvalue weighted by molar-refractivity contribution is -0.0111. The average molecular weight is 312 g/mol. The minimum Gasteiger partial charge on any atom is -0.465 e. The van der Waals surface area contributed by atoms with E-state index in [4.69, 9.17) is 9.47 Å². The topological polar surface area (TPSA) is 67.9 Å². The van der Waals surface area contributed by atoms with Crippen LogP contribution in [0.15, 0.2) is 6.07 Å². The summed E-state index contributed by atoms with van der Waals surface area (Å²) < 4.78 is 10.2. The second-order valence-corrected chi connectivity index (χ2v) is 6.42. The van der Waals surface area contributed by atoms with Gasteiger partial charge in [0, 0.05) is 4.88 Å². The number of amides is 2. The number of hydrogen-bond donors (Lipinski definition) is 1. The maximum atomic E-state index is 12.5. The molecule has 0 bridgehead atoms. The van der Waals surface area contributed by atoms with Crippen LogP contribution in [-0.4, -0.2) is 49.3 Å². The zero-order valence-corrected chi connectivity index (χ0v) is 13.5. The zero-order valence-electron chi connectivity index (χ0n) is 12.6. The van der Waals surface area contributed by atoms with Crippen LogP contribution >= 0.6 is 11.3 Å². The van der Waals surface area contributed by atoms with Crippen LogP contribution < -0.4 is 5.32 Å². The van der Waals surface area contributed by atoms with Gasteiger partial charge in [-0.1, -0.05) is 0 Å². The van der Waals surface area contributed by atoms with Crippen LogP contribution in [0.5, 0.6) is 0 Å². The van der Waals surface area contributed by atoms with Crippen molar-refractivity contribution in [2.75, 3.05) is 25.6 Å². The third-order valence-electron chi connectivity index (χ3n) is 3.38. The fourth-order valence-electron chi connectivity index (χ4n) is 2.43. The number of ether oxygens (including phenoxy) is 2. The van der Waals surface area contributed by atoms with E-state index in [0.29, 0.717) is 23.8 Å². The highest BCUT2D eigenvalue weighted by Gasteiger charge is 2.30. The first kappa shape index (κ1) is 15.8. The van der Waals surface area contributed by atoms with E-state index in [2.05, 4.69) is 5.32 Å². The van der Waals surface area contributed by atoms with Crippen LogP contribution in [0.4, 0.5) is 9.80 Å². The summed E-state index contributed by atoms with van der Waals surface area (Å²) in [7, 11) is 1.33. The number of carbonyl (C=O) groups is 2. The van der Waals surface area contributed by atoms with Crippen LogP contribution in [0.3, 0.4) is 0 Å². The van der Waals surface area contributed by atoms with Gasteiger partial charge >= 0.3 is 12.0 Å². The Morgan fingerprint density at radius 3 is 2.57 bits per heavy atom. The van der Waals surface area contributed by atoms with E-state index in [0.717, 1.165) is 4.88 Å². The van der Waals surface area contributed by atoms with Gasteiger partial charge in [-0.15, -0.1) is 11.3 Å². The quantitative estimate of drug-likeness (QED) is 0.852. The lowest BCUT2D eigenvalue weighted by Crippen LogP contribution is -2.54. The number of methoxy groups -OCH3 is 1. The Kier molecular flexibility index (Phi) is 4.84. The summed E-state index contributed by atoms with van der Waals surface area (Å²) in [4.78, 5) is 26.9. The molecular weight excluding hydrogens is 292 g/mol. The van der Waals surface area contributed by atoms with Gasteiger partial charge in [0.1, 0.15) is 5.00 Å². The van der Waals surface area contributed by atoms with Crippen molar-refractivity contribution in [2.45, 2.75) is 32.9 Å². The first-order valence-electron chi connectivity index (χ1n) is 6.79. The van der Waals surface area contributed by atoms with Gasteiger partial charge in [-0.3, -0.25) is 5.32 Å². The molecule has 2 rings (SSSR count). The maximum absolute atomic E-state index is 12.5. The Morgan fingerprint density at radius 2 is 2.00 bits per heavy atom. The molecule has 1 aromatic rings. The number of thiophene rings is 1. The first-order chi connectivity index (χ1) is 9.93. The molecule has 0 aromatic carbocycles. The van der Waals surface area contributed by atoms with Gasteiger partial charge in [0.25, 0.3) is 0 Å². The van der Waals surface area contributed by atoms with E-state index in [1.807, 2.05) is 20.8 Å². The van der Waals surface area contributed by atoms with Gasteiger partial charge in [0.05, 0.1) is 38.0 Å². The summed E-state index contributed by atoms with van der Waals surface area (Å²) in [6.07, 6.45) is 0. The molecule has 0 unspecified atom stereocenters. The molecule has 2 amide bonds. The minimum absolute atomic E-state index is 0.00335. The smallest absolute Gasteiger partial charge is 0.340 e. The Morgan fingerprint density at radius 1 is 1.38 bits per heavy atom. The van der Waals surface area contributed by atoms with Crippen molar-refractivity contribution in [3.05, 3.63) is 16.5 Å². The van der Waals surface area contributed by atoms with E-state index >= 15 is 0 Å². The standard InChI is InChI=1S/C14H20N2O4S/c1-8-6-20-7-9(2)16(8)14(18)15-12-11(13(17)19-4)5-10(3)21-12/h5,8-9H,6-7H2,1-4H3,(H,15,18)/t8-,9+. The van der Waals surface area contributed by atoms with Gasteiger partial charge in [0.15, 0.2) is 0 Å². The van der Waals surface area contributed by atoms with Crippen molar-refractivity contribution in [1.29, 1.82) is 0 Å². The molecule has 2 atom stereocenters. The van der Waals surface area contributed by atoms with Crippen molar-refractivity contribution in [1.82, 2.24) is 4.90 Å². The predicted octanol–water partition coefficient (Wildman–Crippen LogP) is 2.48. The summed E-state index contributed by atoms with van der Waals surface area (Å²) in [5.41, 5.74) is 0.391. The molecule has 1 N–H and O–H groups in total. The Hall–Kier alpha value is -1.60. The van der Waals surface area contributed by atoms with E-state index in [1.165, 1.54) is 18.4 Å². The van der Waals surface area contributed by atoms with Crippen LogP contribution in [0.25, 0.3) is 0 Å². The number of rotatable bonds is 2. The maximum Gasteiger partial charge on any atom is 0.340 e. The van der Waals surface area contributed by atoms with Gasteiger partial charge in [-0.25, -0.2) is 9.59 Å². The number of aryl methyl sites for hydroxylation is 1. The number of nitrogens with one attached hydrogen (secondary N) is 1. The van der Waals surface area contributed by atoms with E-state index < -0.39 is 5.97 Å². The Labute approximate surface area is 128 Å². The molecule has 1 aliphatic rings. The molecule has 0 spiro atoms. The number of nitrogens with zero attached hydrogens (tertiary/aromatic N) is 1. The molecule has 1 aliphatic heterocycles. The van der Waals surface area contributed by atoms with E-state index in [1.54, 1.807) is 11.0 Å². The Balaban J connectivity index is 2.17. The second-order valence-electron chi connectivity index (χ2n) is 5.16. The van der Waals surface area contributed by atoms with Crippen molar-refractivity contribution in [3.63, 3.8) is 0 Å². The lowest BCUT2D eigenvalue weighted by atomic mass is 10.2. The number of carbonyl (C=O) groups excluding carboxylic acids is 2. The van der Waals surface area contributed by atoms with Gasteiger partial charge in [-0.2, -0.15) is 0 Å². The SMILES string of the molecule is COC(=O)c1cc(C)sc1NC(=O)N1[C@H](C)COC[C@@H]1C. The highest BCUT2D eigenvalue weighted by Crippen LogP contribution is 2.29. The molecule has 0 radical (unpaired) electrons. The normalized spacial score (nSPS) is 22.0. The number of morpholine rings is 1. The number of urea groups is 1. The number of anilines is 1. The first-order valence-corrected chi connectivity index (χ1v) is 7.61. The molecule has 7 heteroatoms. The lowest BCUT2D eigenvalue weighted by Gasteiger charge is -2.38. The third kappa shape index (κ3) is 3.36. The third-order valence-corrected chi connectivity index (χ3v) is 4.35. The van der Waals surface area contributed by atoms with E-state index in [9.17, 15) is 9.59 Å². The molecule has 6 nitrogen and oxygen atoms in total. The summed E-state index contributed by atoms with van der Waals surface area (Å²) in [5.74, 6) is -0.447. The molecule has 1 saturated heterocycles. The van der Waals surface area contributed by atoms with E-state index in [-0.39, 0.29) is 18.1 Å². The average Bonchev–Trinajstić information content (AvgIpc) is 2.78. The molecule has 21 heavy (non-hydrogen) atoms. The monoisotopic (exact) mass is 312 g/mol. The van der Waals surface area contributed by atoms with Crippen molar-refractivity contribution >= 4 is 28.3 Å². The Bertz CT molecular complexity index is 533. The van der Waals surface area contributed by atoms with Crippen molar-refractivity contribution < 1.29 is 19.1 Å². The second kappa shape index (κ2) is 6.44. The fourth-order valence-corrected chi connectivity index (χ4v) is 3.32. The van der Waals surface area contributed by atoms with Gasteiger partial charge < -0.3 is 14.4 Å². The summed E-state index contributed by atoms with van der Waals surface area (Å²) in [6, 6.07) is 1.50. The molecule has 0 saturated carbocycles.